The summed E-state index contributed by atoms with van der Waals surface area (Å²) < 4.78 is 39.3. The summed E-state index contributed by atoms with van der Waals surface area (Å²) in [5.74, 6) is -1.25. The Kier molecular flexibility index (Phi) is 7.03. The number of benzene rings is 2. The van der Waals surface area contributed by atoms with E-state index in [2.05, 4.69) is 10.0 Å². The molecule has 0 fully saturated rings. The van der Waals surface area contributed by atoms with Crippen molar-refractivity contribution in [2.24, 2.45) is 0 Å². The highest BCUT2D eigenvalue weighted by molar-refractivity contribution is 7.89. The van der Waals surface area contributed by atoms with Crippen LogP contribution in [-0.2, 0) is 19.6 Å². The van der Waals surface area contributed by atoms with Gasteiger partial charge >= 0.3 is 0 Å². The molecule has 0 aromatic heterocycles. The van der Waals surface area contributed by atoms with Gasteiger partial charge in [-0.05, 0) is 36.4 Å². The quantitative estimate of drug-likeness (QED) is 0.712. The van der Waals surface area contributed by atoms with E-state index in [9.17, 15) is 22.4 Å². The second-order valence-corrected chi connectivity index (χ2v) is 7.53. The first-order valence-electron chi connectivity index (χ1n) is 8.12. The van der Waals surface area contributed by atoms with Crippen LogP contribution in [0, 0.1) is 5.82 Å². The summed E-state index contributed by atoms with van der Waals surface area (Å²) >= 11 is 0. The van der Waals surface area contributed by atoms with Crippen molar-refractivity contribution in [1.29, 1.82) is 0 Å². The molecular formula is C18H20FN3O4S. The van der Waals surface area contributed by atoms with Gasteiger partial charge in [-0.25, -0.2) is 17.5 Å². The van der Waals surface area contributed by atoms with Gasteiger partial charge in [0.25, 0.3) is 0 Å². The number of nitrogens with zero attached hydrogens (tertiary/aromatic N) is 1. The first kappa shape index (κ1) is 20.5. The summed E-state index contributed by atoms with van der Waals surface area (Å²) in [7, 11) is -2.24. The largest absolute Gasteiger partial charge is 0.336 e. The van der Waals surface area contributed by atoms with E-state index in [1.807, 2.05) is 0 Å². The Bertz CT molecular complexity index is 887. The molecule has 0 radical (unpaired) electrons. The van der Waals surface area contributed by atoms with Crippen molar-refractivity contribution >= 4 is 27.5 Å². The number of hydrogen-bond donors (Lipinski definition) is 2. The number of hydrogen-bond acceptors (Lipinski definition) is 4. The number of anilines is 1. The highest BCUT2D eigenvalue weighted by atomic mass is 32.2. The summed E-state index contributed by atoms with van der Waals surface area (Å²) in [6, 6.07) is 13.1. The lowest BCUT2D eigenvalue weighted by Crippen LogP contribution is -2.37. The van der Waals surface area contributed by atoms with E-state index in [0.717, 1.165) is 0 Å². The number of likely N-dealkylation sites (N-methyl/N-ethyl adjacent to an activating group) is 1. The maximum Gasteiger partial charge on any atom is 0.243 e. The summed E-state index contributed by atoms with van der Waals surface area (Å²) in [5, 5.41) is 2.55. The topological polar surface area (TPSA) is 95.6 Å². The van der Waals surface area contributed by atoms with E-state index in [-0.39, 0.29) is 30.3 Å². The van der Waals surface area contributed by atoms with Gasteiger partial charge in [-0.2, -0.15) is 0 Å². The second-order valence-electron chi connectivity index (χ2n) is 5.77. The van der Waals surface area contributed by atoms with Crippen LogP contribution in [0.2, 0.25) is 0 Å². The van der Waals surface area contributed by atoms with Gasteiger partial charge in [-0.1, -0.05) is 18.2 Å². The van der Waals surface area contributed by atoms with E-state index in [1.165, 1.54) is 48.3 Å². The van der Waals surface area contributed by atoms with Crippen LogP contribution in [0.25, 0.3) is 0 Å². The number of nitrogens with one attached hydrogen (secondary N) is 2. The predicted molar refractivity (Wildman–Crippen MR) is 98.9 cm³/mol. The molecule has 2 N–H and O–H groups in total. The van der Waals surface area contributed by atoms with Crippen molar-refractivity contribution < 1.29 is 22.4 Å². The first-order valence-corrected chi connectivity index (χ1v) is 9.60. The second kappa shape index (κ2) is 9.24. The summed E-state index contributed by atoms with van der Waals surface area (Å²) in [6.45, 7) is -0.290. The normalized spacial score (nSPS) is 11.0. The third kappa shape index (κ3) is 6.46. The smallest absolute Gasteiger partial charge is 0.243 e. The minimum atomic E-state index is -3.68. The SMILES string of the molecule is CN(CC(=O)Nc1ccc(F)cc1)C(=O)CCNS(=O)(=O)c1ccccc1. The third-order valence-electron chi connectivity index (χ3n) is 3.62. The Morgan fingerprint density at radius 3 is 2.30 bits per heavy atom. The molecule has 2 rings (SSSR count). The molecule has 0 aliphatic rings. The molecular weight excluding hydrogens is 373 g/mol. The maximum atomic E-state index is 12.8. The molecule has 0 heterocycles. The van der Waals surface area contributed by atoms with Gasteiger partial charge in [0.15, 0.2) is 0 Å². The van der Waals surface area contributed by atoms with Crippen LogP contribution >= 0.6 is 0 Å². The molecule has 0 aliphatic carbocycles. The van der Waals surface area contributed by atoms with Crippen molar-refractivity contribution in [3.8, 4) is 0 Å². The van der Waals surface area contributed by atoms with Crippen LogP contribution in [0.1, 0.15) is 6.42 Å². The van der Waals surface area contributed by atoms with Crippen LogP contribution in [0.5, 0.6) is 0 Å². The Hall–Kier alpha value is -2.78. The molecule has 0 spiro atoms. The van der Waals surface area contributed by atoms with Crippen LogP contribution < -0.4 is 10.0 Å². The van der Waals surface area contributed by atoms with E-state index < -0.39 is 21.7 Å². The fourth-order valence-electron chi connectivity index (χ4n) is 2.20. The molecule has 2 amide bonds. The zero-order valence-corrected chi connectivity index (χ0v) is 15.5. The number of carbonyl (C=O) groups excluding carboxylic acids is 2. The molecule has 0 atom stereocenters. The minimum absolute atomic E-state index is 0.0834. The Balaban J connectivity index is 1.78. The standard InChI is InChI=1S/C18H20FN3O4S/c1-22(13-17(23)21-15-9-7-14(19)8-10-15)18(24)11-12-20-27(25,26)16-5-3-2-4-6-16/h2-10,20H,11-13H2,1H3,(H,21,23). The van der Waals surface area contributed by atoms with E-state index >= 15 is 0 Å². The minimum Gasteiger partial charge on any atom is -0.336 e. The predicted octanol–water partition coefficient (Wildman–Crippen LogP) is 1.59. The molecule has 7 nitrogen and oxygen atoms in total. The molecule has 144 valence electrons. The van der Waals surface area contributed by atoms with E-state index in [4.69, 9.17) is 0 Å². The molecule has 0 unspecified atom stereocenters. The van der Waals surface area contributed by atoms with Crippen molar-refractivity contribution in [3.63, 3.8) is 0 Å². The number of carbonyl (C=O) groups is 2. The van der Waals surface area contributed by atoms with Crippen molar-refractivity contribution in [2.45, 2.75) is 11.3 Å². The van der Waals surface area contributed by atoms with Crippen molar-refractivity contribution in [2.75, 3.05) is 25.5 Å². The first-order chi connectivity index (χ1) is 12.8. The van der Waals surface area contributed by atoms with Gasteiger partial charge in [0.2, 0.25) is 21.8 Å². The molecule has 27 heavy (non-hydrogen) atoms. The van der Waals surface area contributed by atoms with Crippen molar-refractivity contribution in [3.05, 3.63) is 60.4 Å². The number of rotatable bonds is 8. The maximum absolute atomic E-state index is 12.8. The van der Waals surface area contributed by atoms with Gasteiger partial charge in [0, 0.05) is 25.7 Å². The molecule has 2 aromatic carbocycles. The molecule has 9 heteroatoms. The summed E-state index contributed by atoms with van der Waals surface area (Å²) in [6.07, 6.45) is -0.0909. The highest BCUT2D eigenvalue weighted by Crippen LogP contribution is 2.09. The van der Waals surface area contributed by atoms with Gasteiger partial charge in [0.05, 0.1) is 11.4 Å². The Morgan fingerprint density at radius 2 is 1.67 bits per heavy atom. The van der Waals surface area contributed by atoms with Crippen LogP contribution in [-0.4, -0.2) is 45.3 Å². The zero-order chi connectivity index (χ0) is 19.9. The number of amides is 2. The Labute approximate surface area is 157 Å². The highest BCUT2D eigenvalue weighted by Gasteiger charge is 2.16. The molecule has 0 saturated carbocycles. The lowest BCUT2D eigenvalue weighted by Gasteiger charge is -2.17. The van der Waals surface area contributed by atoms with Crippen LogP contribution in [0.3, 0.4) is 0 Å². The molecule has 0 bridgehead atoms. The summed E-state index contributed by atoms with van der Waals surface area (Å²) in [5.41, 5.74) is 0.415. The number of halogens is 1. The van der Waals surface area contributed by atoms with E-state index in [0.29, 0.717) is 5.69 Å². The Morgan fingerprint density at radius 1 is 1.04 bits per heavy atom. The fraction of sp³-hybridized carbons (Fsp3) is 0.222. The molecule has 0 saturated heterocycles. The van der Waals surface area contributed by atoms with Crippen LogP contribution in [0.4, 0.5) is 10.1 Å². The van der Waals surface area contributed by atoms with Gasteiger partial charge in [-0.15, -0.1) is 0 Å². The van der Waals surface area contributed by atoms with Crippen LogP contribution in [0.15, 0.2) is 59.5 Å². The summed E-state index contributed by atoms with van der Waals surface area (Å²) in [4.78, 5) is 25.3. The van der Waals surface area contributed by atoms with Gasteiger partial charge < -0.3 is 10.2 Å². The van der Waals surface area contributed by atoms with Crippen molar-refractivity contribution in [1.82, 2.24) is 9.62 Å². The molecule has 0 aliphatic heterocycles. The number of sulfonamides is 1. The lowest BCUT2D eigenvalue weighted by atomic mass is 10.3. The lowest BCUT2D eigenvalue weighted by molar-refractivity contribution is -0.133. The fourth-order valence-corrected chi connectivity index (χ4v) is 3.26. The zero-order valence-electron chi connectivity index (χ0n) is 14.7. The monoisotopic (exact) mass is 393 g/mol. The van der Waals surface area contributed by atoms with E-state index in [1.54, 1.807) is 18.2 Å². The van der Waals surface area contributed by atoms with Gasteiger partial charge in [-0.3, -0.25) is 9.59 Å². The molecule has 2 aromatic rings. The average molecular weight is 393 g/mol. The third-order valence-corrected chi connectivity index (χ3v) is 5.10. The van der Waals surface area contributed by atoms with Gasteiger partial charge in [0.1, 0.15) is 5.82 Å². The average Bonchev–Trinajstić information content (AvgIpc) is 2.64.